The normalized spacial score (nSPS) is 12.1. The molecule has 1 atom stereocenters. The number of hydrogen-bond donors (Lipinski definition) is 1. The first-order valence-corrected chi connectivity index (χ1v) is 18.1. The van der Waals surface area contributed by atoms with Crippen LogP contribution in [0.1, 0.15) is 30.5 Å². The van der Waals surface area contributed by atoms with Gasteiger partial charge in [-0.25, -0.2) is 8.42 Å². The monoisotopic (exact) mass is 697 g/mol. The minimum absolute atomic E-state index is 0.0110. The smallest absolute Gasteiger partial charge is 0.264 e. The molecule has 0 aliphatic carbocycles. The molecule has 4 aromatic carbocycles. The van der Waals surface area contributed by atoms with Crippen LogP contribution in [0.5, 0.6) is 0 Å². The molecule has 0 saturated carbocycles. The second kappa shape index (κ2) is 15.9. The zero-order valence-corrected chi connectivity index (χ0v) is 29.3. The summed E-state index contributed by atoms with van der Waals surface area (Å²) in [5.74, 6) is -0.916. The van der Waals surface area contributed by atoms with E-state index in [1.165, 1.54) is 28.8 Å². The van der Waals surface area contributed by atoms with Crippen LogP contribution in [0.2, 0.25) is 10.0 Å². The lowest BCUT2D eigenvalue weighted by Crippen LogP contribution is -2.54. The molecule has 1 N–H and O–H groups in total. The summed E-state index contributed by atoms with van der Waals surface area (Å²) in [7, 11) is -4.19. The average Bonchev–Trinajstić information content (AvgIpc) is 3.03. The molecule has 2 amide bonds. The fraction of sp³-hybridized carbons (Fsp3) is 0.257. The Balaban J connectivity index is 1.81. The zero-order chi connectivity index (χ0) is 33.4. The van der Waals surface area contributed by atoms with Gasteiger partial charge in [-0.15, -0.1) is 11.8 Å². The van der Waals surface area contributed by atoms with Crippen molar-refractivity contribution in [3.05, 3.63) is 124 Å². The predicted molar refractivity (Wildman–Crippen MR) is 188 cm³/mol. The van der Waals surface area contributed by atoms with Crippen LogP contribution in [0, 0.1) is 6.92 Å². The highest BCUT2D eigenvalue weighted by atomic mass is 35.5. The molecule has 4 aromatic rings. The van der Waals surface area contributed by atoms with Crippen LogP contribution in [0.15, 0.2) is 107 Å². The van der Waals surface area contributed by atoms with Crippen molar-refractivity contribution in [2.24, 2.45) is 0 Å². The van der Waals surface area contributed by atoms with Gasteiger partial charge in [0, 0.05) is 23.9 Å². The van der Waals surface area contributed by atoms with E-state index in [0.717, 1.165) is 20.3 Å². The fourth-order valence-electron chi connectivity index (χ4n) is 4.88. The number of carbonyl (C=O) groups excluding carboxylic acids is 2. The van der Waals surface area contributed by atoms with E-state index >= 15 is 0 Å². The van der Waals surface area contributed by atoms with E-state index in [2.05, 4.69) is 5.32 Å². The van der Waals surface area contributed by atoms with E-state index in [1.807, 2.05) is 57.4 Å². The van der Waals surface area contributed by atoms with Crippen molar-refractivity contribution in [3.63, 3.8) is 0 Å². The number of nitrogens with one attached hydrogen (secondary N) is 1. The number of amides is 2. The fourth-order valence-corrected chi connectivity index (χ4v) is 7.03. The molecule has 7 nitrogen and oxygen atoms in total. The Morgan fingerprint density at radius 1 is 0.848 bits per heavy atom. The van der Waals surface area contributed by atoms with Crippen LogP contribution in [-0.2, 0) is 32.6 Å². The van der Waals surface area contributed by atoms with E-state index < -0.39 is 28.5 Å². The molecule has 0 heterocycles. The van der Waals surface area contributed by atoms with Crippen LogP contribution < -0.4 is 9.62 Å². The third-order valence-corrected chi connectivity index (χ3v) is 10.6. The number of nitrogens with zero attached hydrogens (tertiary/aromatic N) is 2. The van der Waals surface area contributed by atoms with Gasteiger partial charge in [-0.1, -0.05) is 77.3 Å². The number of carbonyl (C=O) groups is 2. The van der Waals surface area contributed by atoms with Crippen molar-refractivity contribution in [2.75, 3.05) is 17.1 Å². The average molecular weight is 699 g/mol. The van der Waals surface area contributed by atoms with E-state index in [1.54, 1.807) is 54.6 Å². The van der Waals surface area contributed by atoms with Crippen LogP contribution in [0.4, 0.5) is 5.69 Å². The molecule has 11 heteroatoms. The zero-order valence-electron chi connectivity index (χ0n) is 26.1. The molecular formula is C35H37Cl2N3O4S2. The van der Waals surface area contributed by atoms with Crippen molar-refractivity contribution in [1.82, 2.24) is 10.2 Å². The summed E-state index contributed by atoms with van der Waals surface area (Å²) >= 11 is 14.0. The molecule has 0 spiro atoms. The van der Waals surface area contributed by atoms with Crippen molar-refractivity contribution in [2.45, 2.75) is 55.6 Å². The predicted octanol–water partition coefficient (Wildman–Crippen LogP) is 7.38. The summed E-state index contributed by atoms with van der Waals surface area (Å²) in [4.78, 5) is 30.7. The molecule has 0 aliphatic rings. The number of hydrogen-bond acceptors (Lipinski definition) is 5. The molecule has 0 aliphatic heterocycles. The van der Waals surface area contributed by atoms with Gasteiger partial charge in [-0.05, 0) is 86.7 Å². The molecule has 0 bridgehead atoms. The molecule has 0 fully saturated rings. The number of rotatable bonds is 13. The summed E-state index contributed by atoms with van der Waals surface area (Å²) in [6, 6.07) is 26.7. The van der Waals surface area contributed by atoms with Gasteiger partial charge in [-0.3, -0.25) is 13.9 Å². The van der Waals surface area contributed by atoms with Gasteiger partial charge in [0.25, 0.3) is 10.0 Å². The quantitative estimate of drug-likeness (QED) is 0.147. The summed E-state index contributed by atoms with van der Waals surface area (Å²) in [6.45, 7) is 5.03. The SMILES string of the molecule is CSc1ccc(S(=O)(=O)N(CC(=O)N(Cc2ccc(Cl)c(Cl)c2)[C@@H](Cc2ccccc2)C(=O)NC(C)C)c2ccc(C)cc2)cc1. The minimum atomic E-state index is -4.19. The van der Waals surface area contributed by atoms with Gasteiger partial charge in [0.2, 0.25) is 11.8 Å². The third-order valence-electron chi connectivity index (χ3n) is 7.29. The highest BCUT2D eigenvalue weighted by molar-refractivity contribution is 7.98. The van der Waals surface area contributed by atoms with Gasteiger partial charge in [0.1, 0.15) is 12.6 Å². The standard InChI is InChI=1S/C35H37Cl2N3O4S2/c1-24(2)38-35(42)33(21-26-8-6-5-7-9-26)39(22-27-12-19-31(36)32(37)20-27)34(41)23-40(28-13-10-25(3)11-14-28)46(43,44)30-17-15-29(45-4)16-18-30/h5-20,24,33H,21-23H2,1-4H3,(H,38,42)/t33-/m0/s1. The van der Waals surface area contributed by atoms with Gasteiger partial charge in [-0.2, -0.15) is 0 Å². The summed E-state index contributed by atoms with van der Waals surface area (Å²) < 4.78 is 29.5. The number of sulfonamides is 1. The summed E-state index contributed by atoms with van der Waals surface area (Å²) in [6.07, 6.45) is 2.12. The van der Waals surface area contributed by atoms with Crippen molar-refractivity contribution in [1.29, 1.82) is 0 Å². The van der Waals surface area contributed by atoms with Crippen molar-refractivity contribution < 1.29 is 18.0 Å². The van der Waals surface area contributed by atoms with Crippen LogP contribution in [0.3, 0.4) is 0 Å². The van der Waals surface area contributed by atoms with Gasteiger partial charge in [0.05, 0.1) is 20.6 Å². The Kier molecular flexibility index (Phi) is 12.2. The Morgan fingerprint density at radius 3 is 2.09 bits per heavy atom. The molecule has 0 unspecified atom stereocenters. The van der Waals surface area contributed by atoms with Crippen LogP contribution in [0.25, 0.3) is 0 Å². The summed E-state index contributed by atoms with van der Waals surface area (Å²) in [5.41, 5.74) is 2.74. The molecule has 0 radical (unpaired) electrons. The lowest BCUT2D eigenvalue weighted by atomic mass is 10.0. The Morgan fingerprint density at radius 2 is 1.50 bits per heavy atom. The number of benzene rings is 4. The first-order chi connectivity index (χ1) is 21.9. The minimum Gasteiger partial charge on any atom is -0.352 e. The first kappa shape index (κ1) is 35.4. The van der Waals surface area contributed by atoms with Crippen LogP contribution >= 0.6 is 35.0 Å². The van der Waals surface area contributed by atoms with Gasteiger partial charge >= 0.3 is 0 Å². The maximum atomic E-state index is 14.5. The number of thioether (sulfide) groups is 1. The Bertz CT molecular complexity index is 1750. The van der Waals surface area contributed by atoms with E-state index in [4.69, 9.17) is 23.2 Å². The molecular weight excluding hydrogens is 661 g/mol. The maximum absolute atomic E-state index is 14.5. The number of anilines is 1. The largest absolute Gasteiger partial charge is 0.352 e. The molecule has 0 saturated heterocycles. The van der Waals surface area contributed by atoms with Gasteiger partial charge < -0.3 is 10.2 Å². The van der Waals surface area contributed by atoms with Crippen molar-refractivity contribution >= 4 is 62.5 Å². The summed E-state index contributed by atoms with van der Waals surface area (Å²) in [5, 5.41) is 3.60. The molecule has 242 valence electrons. The lowest BCUT2D eigenvalue weighted by molar-refractivity contribution is -0.140. The maximum Gasteiger partial charge on any atom is 0.264 e. The Hall–Kier alpha value is -3.50. The molecule has 46 heavy (non-hydrogen) atoms. The van der Waals surface area contributed by atoms with Crippen LogP contribution in [-0.4, -0.2) is 50.0 Å². The second-order valence-corrected chi connectivity index (χ2v) is 14.7. The van der Waals surface area contributed by atoms with E-state index in [9.17, 15) is 18.0 Å². The Labute approximate surface area is 286 Å². The number of aryl methyl sites for hydroxylation is 1. The molecule has 0 aromatic heterocycles. The highest BCUT2D eigenvalue weighted by Gasteiger charge is 2.35. The molecule has 4 rings (SSSR count). The van der Waals surface area contributed by atoms with E-state index in [0.29, 0.717) is 21.3 Å². The highest BCUT2D eigenvalue weighted by Crippen LogP contribution is 2.28. The first-order valence-electron chi connectivity index (χ1n) is 14.7. The topological polar surface area (TPSA) is 86.8 Å². The van der Waals surface area contributed by atoms with E-state index in [-0.39, 0.29) is 29.8 Å². The number of halogens is 2. The second-order valence-electron chi connectivity index (χ2n) is 11.2. The van der Waals surface area contributed by atoms with Gasteiger partial charge in [0.15, 0.2) is 0 Å². The third kappa shape index (κ3) is 9.06. The lowest BCUT2D eigenvalue weighted by Gasteiger charge is -2.34. The van der Waals surface area contributed by atoms with Crippen molar-refractivity contribution in [3.8, 4) is 0 Å².